The lowest BCUT2D eigenvalue weighted by atomic mass is 10.1. The van der Waals surface area contributed by atoms with Gasteiger partial charge in [0.05, 0.1) is 5.75 Å². The maximum atomic E-state index is 11.8. The number of hydrogen-bond acceptors (Lipinski definition) is 6. The lowest BCUT2D eigenvalue weighted by Crippen LogP contribution is -2.27. The normalized spacial score (nSPS) is 10.4. The molecule has 116 valence electrons. The summed E-state index contributed by atoms with van der Waals surface area (Å²) in [5.41, 5.74) is 12.2. The van der Waals surface area contributed by atoms with Gasteiger partial charge in [-0.05, 0) is 24.1 Å². The van der Waals surface area contributed by atoms with E-state index in [1.165, 1.54) is 17.8 Å². The maximum absolute atomic E-state index is 11.8. The van der Waals surface area contributed by atoms with Crippen molar-refractivity contribution in [3.63, 3.8) is 0 Å². The molecule has 0 aliphatic rings. The van der Waals surface area contributed by atoms with Crippen LogP contribution < -0.4 is 16.8 Å². The van der Waals surface area contributed by atoms with Crippen molar-refractivity contribution >= 4 is 40.9 Å². The van der Waals surface area contributed by atoms with Crippen LogP contribution in [0, 0.1) is 0 Å². The highest BCUT2D eigenvalue weighted by Gasteiger charge is 2.06. The second-order valence-corrected chi connectivity index (χ2v) is 5.89. The van der Waals surface area contributed by atoms with Gasteiger partial charge in [-0.3, -0.25) is 4.79 Å². The van der Waals surface area contributed by atoms with Crippen molar-refractivity contribution in [1.29, 1.82) is 0 Å². The van der Waals surface area contributed by atoms with Gasteiger partial charge >= 0.3 is 0 Å². The summed E-state index contributed by atoms with van der Waals surface area (Å²) < 4.78 is 0. The Bertz CT molecular complexity index is 630. The Kier molecular flexibility index (Phi) is 5.85. The van der Waals surface area contributed by atoms with E-state index in [1.54, 1.807) is 0 Å². The van der Waals surface area contributed by atoms with E-state index < -0.39 is 0 Å². The van der Waals surface area contributed by atoms with Crippen LogP contribution in [-0.4, -0.2) is 28.2 Å². The number of rotatable bonds is 6. The van der Waals surface area contributed by atoms with Crippen molar-refractivity contribution < 1.29 is 4.79 Å². The first kappa shape index (κ1) is 16.4. The number of hydrogen-bond donors (Lipinski definition) is 3. The third-order valence-electron chi connectivity index (χ3n) is 2.73. The summed E-state index contributed by atoms with van der Waals surface area (Å²) in [6.07, 6.45) is 0.745. The number of nitrogens with one attached hydrogen (secondary N) is 1. The van der Waals surface area contributed by atoms with Gasteiger partial charge in [-0.25, -0.2) is 9.97 Å². The molecule has 1 aromatic heterocycles. The molecule has 5 N–H and O–H groups in total. The molecule has 0 aliphatic carbocycles. The number of nitrogens with zero attached hydrogens (tertiary/aromatic N) is 2. The van der Waals surface area contributed by atoms with Crippen LogP contribution in [0.2, 0.25) is 5.02 Å². The van der Waals surface area contributed by atoms with E-state index >= 15 is 0 Å². The fourth-order valence-electron chi connectivity index (χ4n) is 1.70. The van der Waals surface area contributed by atoms with Gasteiger partial charge in [0, 0.05) is 17.6 Å². The molecule has 2 aromatic rings. The van der Waals surface area contributed by atoms with E-state index in [9.17, 15) is 4.79 Å². The van der Waals surface area contributed by atoms with Crippen LogP contribution in [0.5, 0.6) is 0 Å². The number of amides is 1. The predicted molar refractivity (Wildman–Crippen MR) is 89.7 cm³/mol. The van der Waals surface area contributed by atoms with E-state index in [1.807, 2.05) is 24.3 Å². The molecule has 0 unspecified atom stereocenters. The number of thioether (sulfide) groups is 1. The van der Waals surface area contributed by atoms with E-state index in [4.69, 9.17) is 23.1 Å². The molecule has 0 bridgehead atoms. The Balaban J connectivity index is 1.72. The molecule has 0 fully saturated rings. The summed E-state index contributed by atoms with van der Waals surface area (Å²) in [5, 5.41) is 3.93. The van der Waals surface area contributed by atoms with Crippen molar-refractivity contribution in [3.05, 3.63) is 40.9 Å². The zero-order valence-corrected chi connectivity index (χ0v) is 13.3. The van der Waals surface area contributed by atoms with Crippen LogP contribution in [0.15, 0.2) is 35.5 Å². The van der Waals surface area contributed by atoms with Gasteiger partial charge in [0.25, 0.3) is 0 Å². The van der Waals surface area contributed by atoms with Crippen LogP contribution >= 0.6 is 23.4 Å². The molecule has 0 atom stereocenters. The molecule has 0 radical (unpaired) electrons. The zero-order chi connectivity index (χ0) is 15.9. The monoisotopic (exact) mass is 337 g/mol. The first-order valence-corrected chi connectivity index (χ1v) is 7.93. The lowest BCUT2D eigenvalue weighted by Gasteiger charge is -2.06. The average Bonchev–Trinajstić information content (AvgIpc) is 2.46. The molecule has 0 saturated carbocycles. The Morgan fingerprint density at radius 3 is 2.45 bits per heavy atom. The van der Waals surface area contributed by atoms with Crippen LogP contribution in [-0.2, 0) is 11.2 Å². The summed E-state index contributed by atoms with van der Waals surface area (Å²) >= 11 is 7.01. The first-order chi connectivity index (χ1) is 10.5. The number of carbonyl (C=O) groups is 1. The molecule has 8 heteroatoms. The third-order valence-corrected chi connectivity index (χ3v) is 3.83. The van der Waals surface area contributed by atoms with Crippen molar-refractivity contribution in [2.24, 2.45) is 0 Å². The molecular weight excluding hydrogens is 322 g/mol. The Hall–Kier alpha value is -1.99. The highest BCUT2D eigenvalue weighted by molar-refractivity contribution is 7.99. The maximum Gasteiger partial charge on any atom is 0.230 e. The molecule has 0 spiro atoms. The van der Waals surface area contributed by atoms with Gasteiger partial charge in [0.1, 0.15) is 11.6 Å². The quantitative estimate of drug-likeness (QED) is 0.547. The van der Waals surface area contributed by atoms with E-state index in [0.717, 1.165) is 12.0 Å². The Morgan fingerprint density at radius 2 is 1.82 bits per heavy atom. The number of halogens is 1. The topological polar surface area (TPSA) is 107 Å². The smallest absolute Gasteiger partial charge is 0.230 e. The Morgan fingerprint density at radius 1 is 1.18 bits per heavy atom. The van der Waals surface area contributed by atoms with Gasteiger partial charge in [0.15, 0.2) is 5.16 Å². The molecule has 0 saturated heterocycles. The highest BCUT2D eigenvalue weighted by atomic mass is 35.5. The van der Waals surface area contributed by atoms with Gasteiger partial charge < -0.3 is 16.8 Å². The fraction of sp³-hybridized carbons (Fsp3) is 0.214. The lowest BCUT2D eigenvalue weighted by molar-refractivity contribution is -0.118. The largest absolute Gasteiger partial charge is 0.383 e. The summed E-state index contributed by atoms with van der Waals surface area (Å²) in [7, 11) is 0. The van der Waals surface area contributed by atoms with Crippen molar-refractivity contribution in [1.82, 2.24) is 15.3 Å². The molecule has 1 aromatic carbocycles. The fourth-order valence-corrected chi connectivity index (χ4v) is 2.53. The van der Waals surface area contributed by atoms with Gasteiger partial charge in [-0.15, -0.1) is 0 Å². The van der Waals surface area contributed by atoms with E-state index in [0.29, 0.717) is 16.7 Å². The molecule has 1 amide bonds. The number of anilines is 2. The zero-order valence-electron chi connectivity index (χ0n) is 11.8. The van der Waals surface area contributed by atoms with Gasteiger partial charge in [0.2, 0.25) is 5.91 Å². The summed E-state index contributed by atoms with van der Waals surface area (Å²) in [6.45, 7) is 0.556. The minimum Gasteiger partial charge on any atom is -0.383 e. The first-order valence-electron chi connectivity index (χ1n) is 6.57. The van der Waals surface area contributed by atoms with Crippen molar-refractivity contribution in [2.75, 3.05) is 23.8 Å². The third kappa shape index (κ3) is 5.42. The van der Waals surface area contributed by atoms with Gasteiger partial charge in [-0.1, -0.05) is 35.5 Å². The summed E-state index contributed by atoms with van der Waals surface area (Å²) in [4.78, 5) is 19.8. The van der Waals surface area contributed by atoms with Gasteiger partial charge in [-0.2, -0.15) is 0 Å². The minimum atomic E-state index is -0.0939. The highest BCUT2D eigenvalue weighted by Crippen LogP contribution is 2.15. The Labute approximate surface area is 137 Å². The molecule has 0 aliphatic heterocycles. The number of carbonyl (C=O) groups excluding carboxylic acids is 1. The number of aromatic nitrogens is 2. The SMILES string of the molecule is Nc1cc(N)nc(SCC(=O)NCCc2ccc(Cl)cc2)n1. The number of nitrogen functional groups attached to an aromatic ring is 2. The minimum absolute atomic E-state index is 0.0939. The number of nitrogens with two attached hydrogens (primary N) is 2. The molecule has 2 rings (SSSR count). The summed E-state index contributed by atoms with van der Waals surface area (Å²) in [6, 6.07) is 9.00. The molecule has 22 heavy (non-hydrogen) atoms. The summed E-state index contributed by atoms with van der Waals surface area (Å²) in [5.74, 6) is 0.698. The van der Waals surface area contributed by atoms with E-state index in [-0.39, 0.29) is 23.3 Å². The standard InChI is InChI=1S/C14H16ClN5OS/c15-10-3-1-9(2-4-10)5-6-18-13(21)8-22-14-19-11(16)7-12(17)20-14/h1-4,7H,5-6,8H2,(H,18,21)(H4,16,17,19,20). The average molecular weight is 338 g/mol. The van der Waals surface area contributed by atoms with Crippen LogP contribution in [0.25, 0.3) is 0 Å². The molecule has 1 heterocycles. The molecular formula is C14H16ClN5OS. The second kappa shape index (κ2) is 7.86. The van der Waals surface area contributed by atoms with Crippen molar-refractivity contribution in [3.8, 4) is 0 Å². The predicted octanol–water partition coefficient (Wildman–Crippen LogP) is 1.75. The van der Waals surface area contributed by atoms with Crippen LogP contribution in [0.4, 0.5) is 11.6 Å². The van der Waals surface area contributed by atoms with Crippen molar-refractivity contribution in [2.45, 2.75) is 11.6 Å². The van der Waals surface area contributed by atoms with Crippen LogP contribution in [0.3, 0.4) is 0 Å². The molecule has 6 nitrogen and oxygen atoms in total. The van der Waals surface area contributed by atoms with E-state index in [2.05, 4.69) is 15.3 Å². The second-order valence-electron chi connectivity index (χ2n) is 4.52. The van der Waals surface area contributed by atoms with Crippen LogP contribution in [0.1, 0.15) is 5.56 Å². The number of benzene rings is 1.